The molecule has 2 aromatic heterocycles. The third-order valence-electron chi connectivity index (χ3n) is 7.37. The quantitative estimate of drug-likeness (QED) is 0.316. The second-order valence-electron chi connectivity index (χ2n) is 9.99. The summed E-state index contributed by atoms with van der Waals surface area (Å²) < 4.78 is 16.5. The second-order valence-corrected chi connectivity index (χ2v) is 9.99. The number of para-hydroxylation sites is 1. The van der Waals surface area contributed by atoms with E-state index in [9.17, 15) is 9.59 Å². The third kappa shape index (κ3) is 4.87. The molecule has 4 aromatic rings. The van der Waals surface area contributed by atoms with Crippen LogP contribution in [0.4, 0.5) is 10.2 Å². The number of benzene rings is 2. The summed E-state index contributed by atoms with van der Waals surface area (Å²) in [7, 11) is 0. The Hall–Kier alpha value is -4.40. The van der Waals surface area contributed by atoms with E-state index >= 15 is 4.39 Å². The van der Waals surface area contributed by atoms with Crippen molar-refractivity contribution < 1.29 is 9.18 Å². The SMILES string of the molecule is C=CC(=O)N1CCN(c2nc(=O)n(-c3ccccc3CCC)c3nc(-c4ccccc4F)c(CC)nc23)[C@@H](C)C1. The third-order valence-corrected chi connectivity index (χ3v) is 7.37. The number of nitrogens with zero attached hydrogens (tertiary/aromatic N) is 6. The van der Waals surface area contributed by atoms with E-state index in [2.05, 4.69) is 18.5 Å². The van der Waals surface area contributed by atoms with Crippen LogP contribution in [0.1, 0.15) is 38.4 Å². The molecule has 1 aliphatic heterocycles. The highest BCUT2D eigenvalue weighted by Gasteiger charge is 2.30. The average Bonchev–Trinajstić information content (AvgIpc) is 2.97. The number of piperazine rings is 1. The van der Waals surface area contributed by atoms with Crippen LogP contribution >= 0.6 is 0 Å². The molecule has 1 amide bonds. The Morgan fingerprint density at radius 1 is 1.07 bits per heavy atom. The smallest absolute Gasteiger partial charge is 0.348 e. The number of anilines is 1. The van der Waals surface area contributed by atoms with Gasteiger partial charge in [-0.2, -0.15) is 4.98 Å². The molecule has 0 radical (unpaired) electrons. The Bertz CT molecular complexity index is 1650. The van der Waals surface area contributed by atoms with Crippen molar-refractivity contribution in [1.29, 1.82) is 0 Å². The number of rotatable bonds is 7. The molecule has 1 aliphatic rings. The fourth-order valence-corrected chi connectivity index (χ4v) is 5.40. The molecule has 5 rings (SSSR count). The number of carbonyl (C=O) groups excluding carboxylic acids is 1. The summed E-state index contributed by atoms with van der Waals surface area (Å²) in [5.74, 6) is -0.114. The van der Waals surface area contributed by atoms with E-state index in [-0.39, 0.29) is 11.9 Å². The van der Waals surface area contributed by atoms with Gasteiger partial charge in [0.25, 0.3) is 0 Å². The summed E-state index contributed by atoms with van der Waals surface area (Å²) >= 11 is 0. The minimum absolute atomic E-state index is 0.130. The first-order valence-electron chi connectivity index (χ1n) is 13.7. The molecule has 206 valence electrons. The molecule has 0 spiro atoms. The molecule has 0 unspecified atom stereocenters. The maximum absolute atomic E-state index is 15.0. The summed E-state index contributed by atoms with van der Waals surface area (Å²) in [6.45, 7) is 11.0. The summed E-state index contributed by atoms with van der Waals surface area (Å²) in [5, 5.41) is 0. The number of aryl methyl sites for hydroxylation is 2. The normalized spacial score (nSPS) is 15.4. The van der Waals surface area contributed by atoms with Crippen LogP contribution < -0.4 is 10.6 Å². The lowest BCUT2D eigenvalue weighted by Crippen LogP contribution is -2.54. The number of halogens is 1. The molecule has 0 aliphatic carbocycles. The van der Waals surface area contributed by atoms with Crippen LogP contribution in [-0.2, 0) is 17.6 Å². The molecule has 2 aromatic carbocycles. The number of aromatic nitrogens is 4. The zero-order chi connectivity index (χ0) is 28.4. The Labute approximate surface area is 232 Å². The molecule has 1 atom stereocenters. The minimum Gasteiger partial charge on any atom is -0.348 e. The van der Waals surface area contributed by atoms with E-state index in [1.165, 1.54) is 16.7 Å². The fraction of sp³-hybridized carbons (Fsp3) is 0.323. The first-order chi connectivity index (χ1) is 19.4. The highest BCUT2D eigenvalue weighted by atomic mass is 19.1. The van der Waals surface area contributed by atoms with Crippen molar-refractivity contribution in [3.05, 3.63) is 88.7 Å². The van der Waals surface area contributed by atoms with Crippen LogP contribution in [0, 0.1) is 5.82 Å². The van der Waals surface area contributed by atoms with Gasteiger partial charge in [-0.15, -0.1) is 0 Å². The van der Waals surface area contributed by atoms with Crippen LogP contribution in [0.25, 0.3) is 28.1 Å². The van der Waals surface area contributed by atoms with E-state index in [1.54, 1.807) is 23.1 Å². The molecule has 0 N–H and O–H groups in total. The summed E-state index contributed by atoms with van der Waals surface area (Å²) in [5.41, 5.74) is 3.33. The van der Waals surface area contributed by atoms with Crippen molar-refractivity contribution in [2.24, 2.45) is 0 Å². The molecular weight excluding hydrogens is 507 g/mol. The van der Waals surface area contributed by atoms with Gasteiger partial charge in [0.05, 0.1) is 17.1 Å². The van der Waals surface area contributed by atoms with Gasteiger partial charge in [0, 0.05) is 31.2 Å². The van der Waals surface area contributed by atoms with Crippen LogP contribution in [0.5, 0.6) is 0 Å². The van der Waals surface area contributed by atoms with Crippen molar-refractivity contribution in [1.82, 2.24) is 24.4 Å². The lowest BCUT2D eigenvalue weighted by Gasteiger charge is -2.40. The molecule has 40 heavy (non-hydrogen) atoms. The van der Waals surface area contributed by atoms with Gasteiger partial charge in [0.1, 0.15) is 11.3 Å². The fourth-order valence-electron chi connectivity index (χ4n) is 5.40. The van der Waals surface area contributed by atoms with Crippen LogP contribution in [0.15, 0.2) is 66.0 Å². The molecule has 3 heterocycles. The first-order valence-corrected chi connectivity index (χ1v) is 13.7. The van der Waals surface area contributed by atoms with Gasteiger partial charge in [0.15, 0.2) is 11.5 Å². The van der Waals surface area contributed by atoms with Gasteiger partial charge in [-0.3, -0.25) is 4.79 Å². The molecule has 9 heteroatoms. The Balaban J connectivity index is 1.79. The highest BCUT2D eigenvalue weighted by molar-refractivity contribution is 5.89. The van der Waals surface area contributed by atoms with E-state index in [0.29, 0.717) is 65.7 Å². The maximum Gasteiger partial charge on any atom is 0.355 e. The molecule has 1 saturated heterocycles. The van der Waals surface area contributed by atoms with Crippen LogP contribution in [0.2, 0.25) is 0 Å². The molecule has 0 bridgehead atoms. The summed E-state index contributed by atoms with van der Waals surface area (Å²) in [4.78, 5) is 44.4. The molecule has 1 fully saturated rings. The van der Waals surface area contributed by atoms with Gasteiger partial charge >= 0.3 is 5.69 Å². The van der Waals surface area contributed by atoms with Gasteiger partial charge < -0.3 is 9.80 Å². The Morgan fingerprint density at radius 3 is 2.52 bits per heavy atom. The topological polar surface area (TPSA) is 84.2 Å². The lowest BCUT2D eigenvalue weighted by atomic mass is 10.1. The zero-order valence-corrected chi connectivity index (χ0v) is 23.1. The van der Waals surface area contributed by atoms with Gasteiger partial charge in [-0.05, 0) is 49.6 Å². The number of carbonyl (C=O) groups is 1. The van der Waals surface area contributed by atoms with E-state index in [4.69, 9.17) is 9.97 Å². The highest BCUT2D eigenvalue weighted by Crippen LogP contribution is 2.31. The van der Waals surface area contributed by atoms with E-state index in [0.717, 1.165) is 18.4 Å². The van der Waals surface area contributed by atoms with Crippen molar-refractivity contribution >= 4 is 22.9 Å². The van der Waals surface area contributed by atoms with Crippen molar-refractivity contribution in [3.63, 3.8) is 0 Å². The molecular formula is C31H33FN6O2. The average molecular weight is 541 g/mol. The predicted octanol–water partition coefficient (Wildman–Crippen LogP) is 4.72. The molecule has 8 nitrogen and oxygen atoms in total. The van der Waals surface area contributed by atoms with Crippen molar-refractivity contribution in [2.45, 2.75) is 46.1 Å². The lowest BCUT2D eigenvalue weighted by molar-refractivity contribution is -0.126. The Kier molecular flexibility index (Phi) is 7.73. The van der Waals surface area contributed by atoms with Gasteiger partial charge in [-0.25, -0.2) is 23.7 Å². The van der Waals surface area contributed by atoms with Gasteiger partial charge in [-0.1, -0.05) is 57.2 Å². The standard InChI is InChI=1S/C31H33FN6O2/c1-5-12-21-13-8-11-16-25(21)38-30-28(33-24(6-2)27(34-30)22-14-9-10-15-23(22)32)29(35-31(38)40)37-18-17-36(19-20(37)4)26(39)7-3/h7-11,13-16,20H,3,5-6,12,17-19H2,1-2,4H3/t20-/m0/s1. The van der Waals surface area contributed by atoms with Crippen LogP contribution in [-0.4, -0.2) is 56.0 Å². The largest absolute Gasteiger partial charge is 0.355 e. The van der Waals surface area contributed by atoms with Gasteiger partial charge in [0.2, 0.25) is 5.91 Å². The number of fused-ring (bicyclic) bond motifs is 1. The zero-order valence-electron chi connectivity index (χ0n) is 23.1. The molecule has 0 saturated carbocycles. The van der Waals surface area contributed by atoms with Crippen molar-refractivity contribution in [2.75, 3.05) is 24.5 Å². The monoisotopic (exact) mass is 540 g/mol. The number of amides is 1. The predicted molar refractivity (Wildman–Crippen MR) is 155 cm³/mol. The maximum atomic E-state index is 15.0. The van der Waals surface area contributed by atoms with Crippen molar-refractivity contribution in [3.8, 4) is 16.9 Å². The summed E-state index contributed by atoms with van der Waals surface area (Å²) in [6.07, 6.45) is 3.48. The number of hydrogen-bond acceptors (Lipinski definition) is 6. The second kappa shape index (κ2) is 11.4. The van der Waals surface area contributed by atoms with Crippen LogP contribution in [0.3, 0.4) is 0 Å². The Morgan fingerprint density at radius 2 is 1.82 bits per heavy atom. The first kappa shape index (κ1) is 27.2. The van der Waals surface area contributed by atoms with E-state index < -0.39 is 11.5 Å². The minimum atomic E-state index is -0.485. The summed E-state index contributed by atoms with van der Waals surface area (Å²) in [6, 6.07) is 14.0. The van der Waals surface area contributed by atoms with E-state index in [1.807, 2.05) is 43.0 Å². The number of hydrogen-bond donors (Lipinski definition) is 0.